The fourth-order valence-corrected chi connectivity index (χ4v) is 3.20. The van der Waals surface area contributed by atoms with Gasteiger partial charge in [0.25, 0.3) is 0 Å². The second-order valence-electron chi connectivity index (χ2n) is 5.36. The van der Waals surface area contributed by atoms with Gasteiger partial charge in [0.2, 0.25) is 0 Å². The summed E-state index contributed by atoms with van der Waals surface area (Å²) in [7, 11) is 11.6. The molecule has 0 amide bonds. The number of fused-ring (bicyclic) bond motifs is 1. The van der Waals surface area contributed by atoms with Gasteiger partial charge in [0.15, 0.2) is 17.2 Å². The van der Waals surface area contributed by atoms with Crippen LogP contribution in [0, 0.1) is 0 Å². The lowest BCUT2D eigenvalue weighted by atomic mass is 9.72. The van der Waals surface area contributed by atoms with E-state index in [2.05, 4.69) is 0 Å². The van der Waals surface area contributed by atoms with Crippen LogP contribution in [-0.4, -0.2) is 36.1 Å². The molecule has 7 heteroatoms. The minimum atomic E-state index is -0.769. The summed E-state index contributed by atoms with van der Waals surface area (Å²) < 4.78 is 0. The molecular formula is C15H11B2ClO4. The van der Waals surface area contributed by atoms with Crippen molar-refractivity contribution >= 4 is 38.2 Å². The van der Waals surface area contributed by atoms with Crippen LogP contribution >= 0.6 is 11.6 Å². The molecule has 2 atom stereocenters. The summed E-state index contributed by atoms with van der Waals surface area (Å²) in [4.78, 5) is 0. The summed E-state index contributed by atoms with van der Waals surface area (Å²) in [6.45, 7) is 0. The maximum Gasteiger partial charge on any atom is 0.199 e. The summed E-state index contributed by atoms with van der Waals surface area (Å²) in [6.07, 6.45) is -0.508. The van der Waals surface area contributed by atoms with Gasteiger partial charge in [0.1, 0.15) is 15.7 Å². The molecule has 22 heavy (non-hydrogen) atoms. The molecule has 4 N–H and O–H groups in total. The van der Waals surface area contributed by atoms with E-state index in [0.717, 1.165) is 5.56 Å². The monoisotopic (exact) mass is 312 g/mol. The highest BCUT2D eigenvalue weighted by Crippen LogP contribution is 2.48. The van der Waals surface area contributed by atoms with Crippen LogP contribution in [0.1, 0.15) is 35.1 Å². The van der Waals surface area contributed by atoms with Crippen molar-refractivity contribution in [3.8, 4) is 17.2 Å². The summed E-state index contributed by atoms with van der Waals surface area (Å²) in [5.74, 6) is -2.38. The van der Waals surface area contributed by atoms with Gasteiger partial charge in [0, 0.05) is 10.9 Å². The summed E-state index contributed by atoms with van der Waals surface area (Å²) >= 11 is 5.94. The van der Waals surface area contributed by atoms with Gasteiger partial charge in [-0.05, 0) is 35.2 Å². The maximum atomic E-state index is 10.2. The van der Waals surface area contributed by atoms with Crippen molar-refractivity contribution in [3.63, 3.8) is 0 Å². The van der Waals surface area contributed by atoms with E-state index in [1.54, 1.807) is 18.2 Å². The largest absolute Gasteiger partial charge is 0.505 e. The van der Waals surface area contributed by atoms with Crippen LogP contribution in [-0.2, 0) is 0 Å². The summed E-state index contributed by atoms with van der Waals surface area (Å²) in [6, 6.07) is 5.05. The van der Waals surface area contributed by atoms with Gasteiger partial charge in [-0.3, -0.25) is 0 Å². The van der Waals surface area contributed by atoms with Crippen molar-refractivity contribution in [1.82, 2.24) is 0 Å². The molecule has 0 aliphatic heterocycles. The Bertz CT molecular complexity index is 750. The third-order valence-corrected chi connectivity index (χ3v) is 4.36. The third-order valence-electron chi connectivity index (χ3n) is 4.13. The molecule has 2 aromatic carbocycles. The first-order valence-electron chi connectivity index (χ1n) is 6.62. The molecule has 0 saturated heterocycles. The zero-order chi connectivity index (χ0) is 16.2. The molecule has 0 bridgehead atoms. The van der Waals surface area contributed by atoms with E-state index < -0.39 is 29.3 Å². The lowest BCUT2D eigenvalue weighted by Gasteiger charge is -2.21. The van der Waals surface area contributed by atoms with Crippen LogP contribution < -0.4 is 10.9 Å². The van der Waals surface area contributed by atoms with Gasteiger partial charge < -0.3 is 20.4 Å². The van der Waals surface area contributed by atoms with Crippen LogP contribution in [0.3, 0.4) is 0 Å². The van der Waals surface area contributed by atoms with E-state index in [0.29, 0.717) is 10.6 Å². The highest BCUT2D eigenvalue weighted by molar-refractivity contribution is 6.51. The molecule has 1 aliphatic carbocycles. The van der Waals surface area contributed by atoms with Crippen LogP contribution in [0.25, 0.3) is 0 Å². The number of phenolic OH excluding ortho intramolecular Hbond substituents is 3. The Morgan fingerprint density at radius 3 is 2.32 bits per heavy atom. The highest BCUT2D eigenvalue weighted by atomic mass is 35.5. The van der Waals surface area contributed by atoms with Crippen molar-refractivity contribution < 1.29 is 20.4 Å². The Balaban J connectivity index is 2.23. The van der Waals surface area contributed by atoms with Gasteiger partial charge in [-0.2, -0.15) is 0 Å². The Labute approximate surface area is 134 Å². The van der Waals surface area contributed by atoms with Crippen molar-refractivity contribution in [2.45, 2.75) is 18.4 Å². The zero-order valence-electron chi connectivity index (χ0n) is 11.4. The molecule has 4 radical (unpaired) electrons. The first-order valence-corrected chi connectivity index (χ1v) is 6.99. The fraction of sp³-hybridized carbons (Fsp3) is 0.200. The second-order valence-corrected chi connectivity index (χ2v) is 5.80. The molecule has 0 fully saturated rings. The minimum Gasteiger partial charge on any atom is -0.505 e. The quantitative estimate of drug-likeness (QED) is 0.459. The molecule has 0 saturated carbocycles. The van der Waals surface area contributed by atoms with Crippen molar-refractivity contribution in [2.24, 2.45) is 0 Å². The molecule has 0 heterocycles. The Kier molecular flexibility index (Phi) is 3.54. The first-order chi connectivity index (χ1) is 10.3. The smallest absolute Gasteiger partial charge is 0.199 e. The molecule has 2 aromatic rings. The number of aliphatic hydroxyl groups is 1. The first kappa shape index (κ1) is 15.1. The number of hydrogen-bond donors (Lipinski definition) is 4. The van der Waals surface area contributed by atoms with E-state index in [-0.39, 0.29) is 22.9 Å². The Hall–Kier alpha value is -1.78. The predicted molar refractivity (Wildman–Crippen MR) is 85.1 cm³/mol. The average molecular weight is 312 g/mol. The number of aliphatic hydroxyl groups excluding tert-OH is 1. The molecular weight excluding hydrogens is 301 g/mol. The topological polar surface area (TPSA) is 80.9 Å². The Morgan fingerprint density at radius 2 is 1.64 bits per heavy atom. The van der Waals surface area contributed by atoms with Crippen molar-refractivity contribution in [3.05, 3.63) is 39.9 Å². The van der Waals surface area contributed by atoms with E-state index in [9.17, 15) is 20.4 Å². The number of hydrogen-bond acceptors (Lipinski definition) is 4. The minimum absolute atomic E-state index is 0.0206. The summed E-state index contributed by atoms with van der Waals surface area (Å²) in [5.41, 5.74) is 1.34. The number of aromatic hydroxyl groups is 3. The average Bonchev–Trinajstić information content (AvgIpc) is 2.80. The molecule has 4 nitrogen and oxygen atoms in total. The number of phenols is 3. The number of halogens is 1. The molecule has 0 unspecified atom stereocenters. The lowest BCUT2D eigenvalue weighted by molar-refractivity contribution is 0.176. The normalized spacial score (nSPS) is 20.1. The SMILES string of the molecule is [B]c1c([B])c([C@@H]2C[C@H](O)c3cc(Cl)ccc32)c(O)c(O)c1O. The van der Waals surface area contributed by atoms with E-state index in [1.165, 1.54) is 0 Å². The fourth-order valence-electron chi connectivity index (χ4n) is 3.02. The van der Waals surface area contributed by atoms with Crippen molar-refractivity contribution in [1.29, 1.82) is 0 Å². The predicted octanol–water partition coefficient (Wildman–Crippen LogP) is 0.613. The standard InChI is InChI=1S/C15H11B2ClO4/c16-11-10(13(20)15(22)14(21)12(11)17)8-4-9(19)7-3-5(18)1-2-6(7)8/h1-3,8-9,19-22H,4H2/t8-,9+/m1/s1. The molecule has 0 spiro atoms. The van der Waals surface area contributed by atoms with E-state index in [1.807, 2.05) is 0 Å². The Morgan fingerprint density at radius 1 is 0.955 bits per heavy atom. The van der Waals surface area contributed by atoms with Crippen LogP contribution in [0.5, 0.6) is 17.2 Å². The van der Waals surface area contributed by atoms with Gasteiger partial charge in [-0.1, -0.05) is 28.6 Å². The molecule has 108 valence electrons. The van der Waals surface area contributed by atoms with Gasteiger partial charge in [0.05, 0.1) is 6.10 Å². The summed E-state index contributed by atoms with van der Waals surface area (Å²) in [5, 5.41) is 40.3. The second kappa shape index (κ2) is 5.14. The third kappa shape index (κ3) is 2.06. The van der Waals surface area contributed by atoms with Crippen LogP contribution in [0.15, 0.2) is 18.2 Å². The zero-order valence-corrected chi connectivity index (χ0v) is 12.2. The van der Waals surface area contributed by atoms with Crippen molar-refractivity contribution in [2.75, 3.05) is 0 Å². The molecule has 0 aromatic heterocycles. The van der Waals surface area contributed by atoms with E-state index in [4.69, 9.17) is 27.3 Å². The van der Waals surface area contributed by atoms with Gasteiger partial charge in [-0.15, -0.1) is 0 Å². The van der Waals surface area contributed by atoms with Gasteiger partial charge in [-0.25, -0.2) is 0 Å². The number of rotatable bonds is 1. The van der Waals surface area contributed by atoms with Crippen LogP contribution in [0.2, 0.25) is 5.02 Å². The number of benzene rings is 2. The van der Waals surface area contributed by atoms with Gasteiger partial charge >= 0.3 is 0 Å². The van der Waals surface area contributed by atoms with E-state index >= 15 is 0 Å². The highest BCUT2D eigenvalue weighted by Gasteiger charge is 2.34. The molecule has 3 rings (SSSR count). The maximum absolute atomic E-state index is 10.2. The lowest BCUT2D eigenvalue weighted by Crippen LogP contribution is -2.31. The van der Waals surface area contributed by atoms with Crippen LogP contribution in [0.4, 0.5) is 0 Å². The molecule has 1 aliphatic rings.